The molecule has 0 N–H and O–H groups in total. The van der Waals surface area contributed by atoms with Crippen LogP contribution in [0.2, 0.25) is 0 Å². The van der Waals surface area contributed by atoms with Gasteiger partial charge < -0.3 is 4.18 Å². The zero-order valence-corrected chi connectivity index (χ0v) is 6.75. The third kappa shape index (κ3) is 2.59. The van der Waals surface area contributed by atoms with Crippen molar-refractivity contribution in [2.75, 3.05) is 7.11 Å². The van der Waals surface area contributed by atoms with Crippen molar-refractivity contribution >= 4 is 12.0 Å². The Kier molecular flexibility index (Phi) is 3.44. The topological polar surface area (TPSA) is 9.23 Å². The van der Waals surface area contributed by atoms with E-state index in [1.54, 1.807) is 19.2 Å². The minimum absolute atomic E-state index is 0.795. The lowest BCUT2D eigenvalue weighted by Crippen LogP contribution is -2.07. The van der Waals surface area contributed by atoms with Crippen molar-refractivity contribution in [1.29, 1.82) is 0 Å². The van der Waals surface area contributed by atoms with Crippen molar-refractivity contribution in [2.24, 2.45) is 0 Å². The molecule has 0 aromatic heterocycles. The molecule has 1 nitrogen and oxygen atoms in total. The Morgan fingerprint density at radius 2 is 1.89 bits per heavy atom. The van der Waals surface area contributed by atoms with E-state index in [0.717, 1.165) is 5.25 Å². The average molecular weight is 146 g/mol. The SMILES string of the molecule is COSC1CCCCC1. The molecular formula is C7H14OS. The highest BCUT2D eigenvalue weighted by Gasteiger charge is 2.12. The first kappa shape index (κ1) is 7.42. The molecule has 0 aromatic carbocycles. The van der Waals surface area contributed by atoms with Crippen LogP contribution in [-0.4, -0.2) is 12.4 Å². The largest absolute Gasteiger partial charge is 0.318 e. The van der Waals surface area contributed by atoms with Crippen LogP contribution < -0.4 is 0 Å². The predicted octanol–water partition coefficient (Wildman–Crippen LogP) is 2.61. The van der Waals surface area contributed by atoms with Crippen molar-refractivity contribution in [1.82, 2.24) is 0 Å². The van der Waals surface area contributed by atoms with Gasteiger partial charge in [0.1, 0.15) is 0 Å². The summed E-state index contributed by atoms with van der Waals surface area (Å²) in [4.78, 5) is 0. The fraction of sp³-hybridized carbons (Fsp3) is 1.00. The molecule has 0 heterocycles. The standard InChI is InChI=1S/C7H14OS/c1-8-9-7-5-3-2-4-6-7/h7H,2-6H2,1H3. The van der Waals surface area contributed by atoms with Gasteiger partial charge in [0.05, 0.1) is 7.11 Å². The third-order valence-corrected chi connectivity index (χ3v) is 2.72. The van der Waals surface area contributed by atoms with E-state index in [-0.39, 0.29) is 0 Å². The fourth-order valence-corrected chi connectivity index (χ4v) is 2.10. The van der Waals surface area contributed by atoms with Crippen LogP contribution in [0.1, 0.15) is 32.1 Å². The van der Waals surface area contributed by atoms with E-state index in [9.17, 15) is 0 Å². The Labute approximate surface area is 61.4 Å². The molecule has 1 aliphatic rings. The van der Waals surface area contributed by atoms with Crippen molar-refractivity contribution in [3.63, 3.8) is 0 Å². The molecule has 1 fully saturated rings. The highest BCUT2D eigenvalue weighted by Crippen LogP contribution is 2.27. The average Bonchev–Trinajstić information content (AvgIpc) is 1.91. The van der Waals surface area contributed by atoms with Crippen LogP contribution in [0.25, 0.3) is 0 Å². The van der Waals surface area contributed by atoms with Gasteiger partial charge >= 0.3 is 0 Å². The second kappa shape index (κ2) is 4.18. The first-order valence-electron chi connectivity index (χ1n) is 3.63. The molecule has 9 heavy (non-hydrogen) atoms. The van der Waals surface area contributed by atoms with Crippen LogP contribution in [0.15, 0.2) is 0 Å². The zero-order valence-electron chi connectivity index (χ0n) is 5.93. The summed E-state index contributed by atoms with van der Waals surface area (Å²) in [6.07, 6.45) is 6.96. The molecule has 1 aliphatic carbocycles. The van der Waals surface area contributed by atoms with E-state index in [4.69, 9.17) is 4.18 Å². The van der Waals surface area contributed by atoms with Crippen LogP contribution >= 0.6 is 12.0 Å². The van der Waals surface area contributed by atoms with Gasteiger partial charge in [-0.05, 0) is 24.9 Å². The van der Waals surface area contributed by atoms with E-state index in [0.29, 0.717) is 0 Å². The molecule has 1 saturated carbocycles. The summed E-state index contributed by atoms with van der Waals surface area (Å²) in [5.74, 6) is 0. The lowest BCUT2D eigenvalue weighted by Gasteiger charge is -2.18. The van der Waals surface area contributed by atoms with Crippen LogP contribution in [0.4, 0.5) is 0 Å². The number of hydrogen-bond acceptors (Lipinski definition) is 2. The molecule has 54 valence electrons. The maximum Gasteiger partial charge on any atom is 0.0503 e. The molecule has 0 radical (unpaired) electrons. The van der Waals surface area contributed by atoms with Gasteiger partial charge in [0.25, 0.3) is 0 Å². The maximum atomic E-state index is 5.00. The summed E-state index contributed by atoms with van der Waals surface area (Å²) in [5.41, 5.74) is 0. The molecular weight excluding hydrogens is 132 g/mol. The third-order valence-electron chi connectivity index (χ3n) is 1.78. The summed E-state index contributed by atoms with van der Waals surface area (Å²) in [6.45, 7) is 0. The zero-order chi connectivity index (χ0) is 6.53. The monoisotopic (exact) mass is 146 g/mol. The maximum absolute atomic E-state index is 5.00. The first-order valence-corrected chi connectivity index (χ1v) is 4.43. The van der Waals surface area contributed by atoms with Gasteiger partial charge in [0.15, 0.2) is 0 Å². The van der Waals surface area contributed by atoms with E-state index in [1.807, 2.05) is 0 Å². The second-order valence-electron chi connectivity index (χ2n) is 2.52. The van der Waals surface area contributed by atoms with Gasteiger partial charge in [-0.15, -0.1) is 0 Å². The first-order chi connectivity index (χ1) is 4.43. The van der Waals surface area contributed by atoms with E-state index >= 15 is 0 Å². The molecule has 0 aromatic rings. The van der Waals surface area contributed by atoms with Gasteiger partial charge in [-0.1, -0.05) is 19.3 Å². The van der Waals surface area contributed by atoms with Gasteiger partial charge in [0, 0.05) is 5.25 Å². The minimum Gasteiger partial charge on any atom is -0.318 e. The van der Waals surface area contributed by atoms with Gasteiger partial charge in [-0.25, -0.2) is 0 Å². The van der Waals surface area contributed by atoms with Crippen molar-refractivity contribution in [3.8, 4) is 0 Å². The molecule has 1 rings (SSSR count). The van der Waals surface area contributed by atoms with Crippen molar-refractivity contribution < 1.29 is 4.18 Å². The lowest BCUT2D eigenvalue weighted by molar-refractivity contribution is 0.454. The molecule has 0 atom stereocenters. The summed E-state index contributed by atoms with van der Waals surface area (Å²) in [5, 5.41) is 0.795. The highest BCUT2D eigenvalue weighted by molar-refractivity contribution is 7.95. The van der Waals surface area contributed by atoms with Gasteiger partial charge in [-0.2, -0.15) is 0 Å². The molecule has 0 spiro atoms. The molecule has 0 aliphatic heterocycles. The normalized spacial score (nSPS) is 22.3. The number of rotatable bonds is 2. The molecule has 0 amide bonds. The van der Waals surface area contributed by atoms with Crippen LogP contribution in [0, 0.1) is 0 Å². The molecule has 2 heteroatoms. The molecule has 0 bridgehead atoms. The Balaban J connectivity index is 2.08. The van der Waals surface area contributed by atoms with E-state index < -0.39 is 0 Å². The molecule has 0 saturated heterocycles. The van der Waals surface area contributed by atoms with Gasteiger partial charge in [-0.3, -0.25) is 0 Å². The summed E-state index contributed by atoms with van der Waals surface area (Å²) >= 11 is 1.65. The van der Waals surface area contributed by atoms with Crippen LogP contribution in [-0.2, 0) is 4.18 Å². The highest BCUT2D eigenvalue weighted by atomic mass is 32.2. The fourth-order valence-electron chi connectivity index (χ4n) is 1.30. The smallest absolute Gasteiger partial charge is 0.0503 e. The Morgan fingerprint density at radius 3 is 2.44 bits per heavy atom. The van der Waals surface area contributed by atoms with Crippen LogP contribution in [0.3, 0.4) is 0 Å². The van der Waals surface area contributed by atoms with Crippen LogP contribution in [0.5, 0.6) is 0 Å². The second-order valence-corrected chi connectivity index (χ2v) is 3.72. The lowest BCUT2D eigenvalue weighted by atomic mass is 10.0. The number of hydrogen-bond donors (Lipinski definition) is 0. The van der Waals surface area contributed by atoms with Gasteiger partial charge in [0.2, 0.25) is 0 Å². The van der Waals surface area contributed by atoms with Crippen molar-refractivity contribution in [3.05, 3.63) is 0 Å². The Hall–Kier alpha value is 0.310. The minimum atomic E-state index is 0.795. The summed E-state index contributed by atoms with van der Waals surface area (Å²) in [7, 11) is 1.76. The molecule has 0 unspecified atom stereocenters. The van der Waals surface area contributed by atoms with E-state index in [1.165, 1.54) is 32.1 Å². The summed E-state index contributed by atoms with van der Waals surface area (Å²) in [6, 6.07) is 0. The summed E-state index contributed by atoms with van der Waals surface area (Å²) < 4.78 is 5.00. The predicted molar refractivity (Wildman–Crippen MR) is 41.5 cm³/mol. The quantitative estimate of drug-likeness (QED) is 0.554. The Morgan fingerprint density at radius 1 is 1.22 bits per heavy atom. The Bertz CT molecular complexity index is 66.6. The van der Waals surface area contributed by atoms with Crippen molar-refractivity contribution in [2.45, 2.75) is 37.4 Å². The van der Waals surface area contributed by atoms with E-state index in [2.05, 4.69) is 0 Å².